The van der Waals surface area contributed by atoms with Gasteiger partial charge in [-0.15, -0.1) is 0 Å². The molecule has 0 bridgehead atoms. The molecule has 0 radical (unpaired) electrons. The van der Waals surface area contributed by atoms with E-state index in [-0.39, 0.29) is 0 Å². The number of carbonyl (C=O) groups excluding carboxylic acids is 1. The molecule has 116 valence electrons. The van der Waals surface area contributed by atoms with Gasteiger partial charge < -0.3 is 9.47 Å². The summed E-state index contributed by atoms with van der Waals surface area (Å²) in [6.07, 6.45) is -0.775. The molecule has 2 aromatic rings. The molecule has 0 saturated heterocycles. The number of methoxy groups -OCH3 is 1. The van der Waals surface area contributed by atoms with Gasteiger partial charge in [-0.3, -0.25) is 0 Å². The summed E-state index contributed by atoms with van der Waals surface area (Å²) in [5.41, 5.74) is 3.65. The van der Waals surface area contributed by atoms with Crippen molar-refractivity contribution in [3.8, 4) is 5.75 Å². The summed E-state index contributed by atoms with van der Waals surface area (Å²) in [5.74, 6) is 2.09. The zero-order valence-corrected chi connectivity index (χ0v) is 14.0. The van der Waals surface area contributed by atoms with Crippen LogP contribution < -0.4 is 4.74 Å². The Morgan fingerprint density at radius 3 is 2.36 bits per heavy atom. The maximum absolute atomic E-state index is 11.1. The lowest BCUT2D eigenvalue weighted by atomic mass is 10.2. The third-order valence-electron chi connectivity index (χ3n) is 3.01. The van der Waals surface area contributed by atoms with Crippen molar-refractivity contribution in [1.29, 1.82) is 0 Å². The van der Waals surface area contributed by atoms with Crippen molar-refractivity contribution in [2.24, 2.45) is 0 Å². The molecular formula is C17H17ClO3S. The number of benzene rings is 2. The molecule has 3 nitrogen and oxygen atoms in total. The third-order valence-corrected chi connectivity index (χ3v) is 4.38. The van der Waals surface area contributed by atoms with Crippen LogP contribution in [0.3, 0.4) is 0 Å². The highest BCUT2D eigenvalue weighted by Gasteiger charge is 2.08. The van der Waals surface area contributed by atoms with Crippen molar-refractivity contribution >= 4 is 29.5 Å². The maximum Gasteiger partial charge on any atom is 0.513 e. The highest BCUT2D eigenvalue weighted by Crippen LogP contribution is 2.28. The van der Waals surface area contributed by atoms with Crippen molar-refractivity contribution in [1.82, 2.24) is 0 Å². The van der Waals surface area contributed by atoms with Gasteiger partial charge in [-0.05, 0) is 30.2 Å². The molecule has 22 heavy (non-hydrogen) atoms. The number of hydrogen-bond donors (Lipinski definition) is 0. The van der Waals surface area contributed by atoms with Crippen LogP contribution in [0.4, 0.5) is 4.79 Å². The first-order chi connectivity index (χ1) is 10.6. The van der Waals surface area contributed by atoms with E-state index in [1.165, 1.54) is 18.2 Å². The molecule has 0 atom stereocenters. The molecule has 0 unspecified atom stereocenters. The van der Waals surface area contributed by atoms with Gasteiger partial charge in [0.1, 0.15) is 0 Å². The molecule has 0 N–H and O–H groups in total. The zero-order chi connectivity index (χ0) is 15.9. The van der Waals surface area contributed by atoms with E-state index in [2.05, 4.69) is 35.9 Å². The van der Waals surface area contributed by atoms with Crippen molar-refractivity contribution in [3.05, 3.63) is 64.2 Å². The topological polar surface area (TPSA) is 35.5 Å². The predicted octanol–water partition coefficient (Wildman–Crippen LogP) is 5.23. The molecule has 5 heteroatoms. The van der Waals surface area contributed by atoms with Crippen LogP contribution in [0.1, 0.15) is 16.7 Å². The minimum absolute atomic E-state index is 0.306. The smallest absolute Gasteiger partial charge is 0.437 e. The predicted molar refractivity (Wildman–Crippen MR) is 90.7 cm³/mol. The fraction of sp³-hybridized carbons (Fsp3) is 0.235. The van der Waals surface area contributed by atoms with E-state index >= 15 is 0 Å². The van der Waals surface area contributed by atoms with E-state index in [0.29, 0.717) is 10.8 Å². The lowest BCUT2D eigenvalue weighted by molar-refractivity contribution is 0.121. The molecule has 0 aliphatic rings. The van der Waals surface area contributed by atoms with Gasteiger partial charge in [0.25, 0.3) is 0 Å². The largest absolute Gasteiger partial charge is 0.513 e. The standard InChI is InChI=1S/C17H17ClO3S/c1-12-3-5-13(6-4-12)10-22-11-14-7-8-16(15(18)9-14)21-17(19)20-2/h3-9H,10-11H2,1-2H3. The van der Waals surface area contributed by atoms with Crippen LogP contribution in [0.25, 0.3) is 0 Å². The number of rotatable bonds is 5. The average molecular weight is 337 g/mol. The van der Waals surface area contributed by atoms with Crippen LogP contribution >= 0.6 is 23.4 Å². The number of halogens is 1. The Kier molecular flexibility index (Phi) is 6.16. The fourth-order valence-corrected chi connectivity index (χ4v) is 3.01. The second-order valence-electron chi connectivity index (χ2n) is 4.80. The SMILES string of the molecule is COC(=O)Oc1ccc(CSCc2ccc(C)cc2)cc1Cl. The van der Waals surface area contributed by atoms with Crippen LogP contribution in [-0.2, 0) is 16.2 Å². The van der Waals surface area contributed by atoms with Gasteiger partial charge in [-0.1, -0.05) is 47.5 Å². The summed E-state index contributed by atoms with van der Waals surface area (Å²) in [7, 11) is 1.26. The number of aryl methyl sites for hydroxylation is 1. The molecule has 0 heterocycles. The summed E-state index contributed by atoms with van der Waals surface area (Å²) in [6.45, 7) is 2.08. The van der Waals surface area contributed by atoms with Gasteiger partial charge in [0.2, 0.25) is 0 Å². The summed E-state index contributed by atoms with van der Waals surface area (Å²) in [5, 5.41) is 0.402. The second kappa shape index (κ2) is 8.11. The summed E-state index contributed by atoms with van der Waals surface area (Å²) in [6, 6.07) is 13.9. The van der Waals surface area contributed by atoms with E-state index in [4.69, 9.17) is 16.3 Å². The second-order valence-corrected chi connectivity index (χ2v) is 6.19. The maximum atomic E-state index is 11.1. The van der Waals surface area contributed by atoms with Gasteiger partial charge in [0.05, 0.1) is 12.1 Å². The van der Waals surface area contributed by atoms with E-state index in [0.717, 1.165) is 17.1 Å². The number of hydrogen-bond acceptors (Lipinski definition) is 4. The first kappa shape index (κ1) is 16.7. The monoisotopic (exact) mass is 336 g/mol. The van der Waals surface area contributed by atoms with Gasteiger partial charge in [-0.25, -0.2) is 4.79 Å². The Hall–Kier alpha value is -1.65. The Morgan fingerprint density at radius 1 is 1.09 bits per heavy atom. The number of carbonyl (C=O) groups is 1. The van der Waals surface area contributed by atoms with Crippen molar-refractivity contribution in [2.45, 2.75) is 18.4 Å². The lowest BCUT2D eigenvalue weighted by Gasteiger charge is -2.07. The third kappa shape index (κ3) is 4.97. The van der Waals surface area contributed by atoms with Gasteiger partial charge in [0.15, 0.2) is 5.75 Å². The average Bonchev–Trinajstić information content (AvgIpc) is 2.51. The number of thioether (sulfide) groups is 1. The van der Waals surface area contributed by atoms with Gasteiger partial charge >= 0.3 is 6.16 Å². The fourth-order valence-electron chi connectivity index (χ4n) is 1.82. The van der Waals surface area contributed by atoms with Gasteiger partial charge in [-0.2, -0.15) is 11.8 Å². The van der Waals surface area contributed by atoms with Crippen LogP contribution in [0.15, 0.2) is 42.5 Å². The first-order valence-electron chi connectivity index (χ1n) is 6.76. The summed E-state index contributed by atoms with van der Waals surface area (Å²) < 4.78 is 9.37. The molecule has 0 spiro atoms. The Labute approximate surface area is 139 Å². The molecule has 0 amide bonds. The van der Waals surface area contributed by atoms with E-state index in [9.17, 15) is 4.79 Å². The Balaban J connectivity index is 1.89. The van der Waals surface area contributed by atoms with Crippen LogP contribution in [0.2, 0.25) is 5.02 Å². The summed E-state index contributed by atoms with van der Waals surface area (Å²) in [4.78, 5) is 11.1. The van der Waals surface area contributed by atoms with Gasteiger partial charge in [0, 0.05) is 11.5 Å². The van der Waals surface area contributed by atoms with Crippen molar-refractivity contribution in [3.63, 3.8) is 0 Å². The Bertz CT molecular complexity index is 641. The van der Waals surface area contributed by atoms with E-state index in [1.54, 1.807) is 6.07 Å². The minimum Gasteiger partial charge on any atom is -0.437 e. The minimum atomic E-state index is -0.775. The highest BCUT2D eigenvalue weighted by atomic mass is 35.5. The van der Waals surface area contributed by atoms with Crippen molar-refractivity contribution < 1.29 is 14.3 Å². The van der Waals surface area contributed by atoms with Crippen LogP contribution in [-0.4, -0.2) is 13.3 Å². The lowest BCUT2D eigenvalue weighted by Crippen LogP contribution is -2.07. The molecule has 2 aromatic carbocycles. The molecule has 0 fully saturated rings. The van der Waals surface area contributed by atoms with E-state index in [1.807, 2.05) is 23.9 Å². The van der Waals surface area contributed by atoms with E-state index < -0.39 is 6.16 Å². The molecule has 2 rings (SSSR count). The summed E-state index contributed by atoms with van der Waals surface area (Å²) >= 11 is 7.91. The zero-order valence-electron chi connectivity index (χ0n) is 12.5. The first-order valence-corrected chi connectivity index (χ1v) is 8.29. The molecule has 0 saturated carbocycles. The molecule has 0 aromatic heterocycles. The quantitative estimate of drug-likeness (QED) is 0.553. The highest BCUT2D eigenvalue weighted by molar-refractivity contribution is 7.97. The van der Waals surface area contributed by atoms with Crippen molar-refractivity contribution in [2.75, 3.05) is 7.11 Å². The van der Waals surface area contributed by atoms with Crippen LogP contribution in [0, 0.1) is 6.92 Å². The molecule has 0 aliphatic heterocycles. The van der Waals surface area contributed by atoms with Crippen LogP contribution in [0.5, 0.6) is 5.75 Å². The molecule has 0 aliphatic carbocycles. The normalized spacial score (nSPS) is 10.3. The Morgan fingerprint density at radius 2 is 1.73 bits per heavy atom. The molecular weight excluding hydrogens is 320 g/mol. The number of ether oxygens (including phenoxy) is 2.